The molecule has 0 saturated carbocycles. The van der Waals surface area contributed by atoms with Crippen molar-refractivity contribution < 1.29 is 4.74 Å². The fourth-order valence-corrected chi connectivity index (χ4v) is 5.67. The molecule has 7 nitrogen and oxygen atoms in total. The normalized spacial score (nSPS) is 19.1. The molecule has 0 aliphatic carbocycles. The Kier molecular flexibility index (Phi) is 6.62. The lowest BCUT2D eigenvalue weighted by Gasteiger charge is -2.56. The average molecular weight is 509 g/mol. The van der Waals surface area contributed by atoms with Crippen LogP contribution in [0.3, 0.4) is 0 Å². The predicted molar refractivity (Wildman–Crippen MR) is 152 cm³/mol. The zero-order valence-electron chi connectivity index (χ0n) is 22.5. The maximum absolute atomic E-state index is 6.06. The van der Waals surface area contributed by atoms with Crippen LogP contribution in [0.5, 0.6) is 5.75 Å². The Labute approximate surface area is 224 Å². The van der Waals surface area contributed by atoms with E-state index in [9.17, 15) is 0 Å². The monoisotopic (exact) mass is 508 g/mol. The van der Waals surface area contributed by atoms with Gasteiger partial charge in [-0.2, -0.15) is 5.10 Å². The van der Waals surface area contributed by atoms with E-state index in [2.05, 4.69) is 77.6 Å². The Morgan fingerprint density at radius 3 is 2.58 bits per heavy atom. The van der Waals surface area contributed by atoms with Crippen LogP contribution in [0.15, 0.2) is 61.7 Å². The van der Waals surface area contributed by atoms with Gasteiger partial charge in [-0.05, 0) is 48.6 Å². The van der Waals surface area contributed by atoms with Crippen LogP contribution in [-0.2, 0) is 13.0 Å². The summed E-state index contributed by atoms with van der Waals surface area (Å²) in [5.74, 6) is 2.29. The Morgan fingerprint density at radius 1 is 1.08 bits per heavy atom. The molecular weight excluding hydrogens is 472 g/mol. The molecule has 3 aliphatic heterocycles. The summed E-state index contributed by atoms with van der Waals surface area (Å²) in [6, 6.07) is 11.9. The quantitative estimate of drug-likeness (QED) is 0.298. The molecule has 2 bridgehead atoms. The second-order valence-electron chi connectivity index (χ2n) is 10.9. The Morgan fingerprint density at radius 2 is 1.92 bits per heavy atom. The first kappa shape index (κ1) is 24.6. The molecule has 0 amide bonds. The molecule has 0 radical (unpaired) electrons. The van der Waals surface area contributed by atoms with Crippen LogP contribution in [0.25, 0.3) is 22.7 Å². The van der Waals surface area contributed by atoms with E-state index in [1.807, 2.05) is 35.4 Å². The molecule has 4 aromatic rings. The Balaban J connectivity index is 1.19. The number of piperazine rings is 1. The third kappa shape index (κ3) is 4.67. The van der Waals surface area contributed by atoms with Gasteiger partial charge in [0.2, 0.25) is 0 Å². The third-order valence-electron chi connectivity index (χ3n) is 7.76. The summed E-state index contributed by atoms with van der Waals surface area (Å²) in [7, 11) is 0. The number of aryl methyl sites for hydroxylation is 1. The zero-order chi connectivity index (χ0) is 26.2. The van der Waals surface area contributed by atoms with Crippen molar-refractivity contribution in [2.45, 2.75) is 52.2 Å². The molecular formula is C31H36N6O. The molecule has 7 heterocycles. The second kappa shape index (κ2) is 10.2. The summed E-state index contributed by atoms with van der Waals surface area (Å²) in [4.78, 5) is 14.6. The molecule has 0 N–H and O–H groups in total. The van der Waals surface area contributed by atoms with Crippen LogP contribution in [-0.4, -0.2) is 56.3 Å². The van der Waals surface area contributed by atoms with Gasteiger partial charge in [-0.3, -0.25) is 9.88 Å². The van der Waals surface area contributed by atoms with Crippen LogP contribution in [0.1, 0.15) is 44.0 Å². The minimum atomic E-state index is 0.446. The van der Waals surface area contributed by atoms with Crippen molar-refractivity contribution in [3.8, 4) is 16.9 Å². The number of anilines is 1. The Hall–Kier alpha value is -3.71. The molecule has 0 aromatic carbocycles. The molecule has 7 rings (SSSR count). The van der Waals surface area contributed by atoms with Crippen molar-refractivity contribution in [2.24, 2.45) is 5.92 Å². The maximum Gasteiger partial charge on any atom is 0.138 e. The Bertz CT molecular complexity index is 1410. The zero-order valence-corrected chi connectivity index (χ0v) is 22.5. The van der Waals surface area contributed by atoms with Gasteiger partial charge in [0.25, 0.3) is 0 Å². The van der Waals surface area contributed by atoms with Crippen molar-refractivity contribution in [1.29, 1.82) is 0 Å². The van der Waals surface area contributed by atoms with Gasteiger partial charge < -0.3 is 9.64 Å². The fourth-order valence-electron chi connectivity index (χ4n) is 5.67. The standard InChI is InChI=1S/C31H36N6O/c1-5-23-15-34-37-19-28(38-20-21(3)4)12-29(31(23)37)24-8-10-30(33-14-24)35-17-26-11-27(18-35)36(26)16-22-7-9-25(6-2)32-13-22/h5,7-10,12-15,19,21,26-27H,1,6,11,16-18,20H2,2-4H3. The van der Waals surface area contributed by atoms with E-state index in [0.29, 0.717) is 24.6 Å². The number of pyridine rings is 3. The summed E-state index contributed by atoms with van der Waals surface area (Å²) in [5, 5.41) is 4.54. The van der Waals surface area contributed by atoms with Crippen LogP contribution in [0, 0.1) is 5.92 Å². The van der Waals surface area contributed by atoms with Crippen LogP contribution >= 0.6 is 0 Å². The molecule has 4 aromatic heterocycles. The molecule has 7 heteroatoms. The van der Waals surface area contributed by atoms with Gasteiger partial charge in [0.1, 0.15) is 11.6 Å². The number of aromatic nitrogens is 4. The van der Waals surface area contributed by atoms with E-state index < -0.39 is 0 Å². The summed E-state index contributed by atoms with van der Waals surface area (Å²) in [6.45, 7) is 14.1. The molecule has 2 atom stereocenters. The van der Waals surface area contributed by atoms with Gasteiger partial charge in [-0.15, -0.1) is 0 Å². The highest BCUT2D eigenvalue weighted by atomic mass is 16.5. The number of hydrogen-bond donors (Lipinski definition) is 0. The van der Waals surface area contributed by atoms with Gasteiger partial charge in [0.05, 0.1) is 24.5 Å². The van der Waals surface area contributed by atoms with Crippen molar-refractivity contribution in [2.75, 3.05) is 24.6 Å². The highest BCUT2D eigenvalue weighted by molar-refractivity contribution is 5.87. The van der Waals surface area contributed by atoms with E-state index in [1.54, 1.807) is 0 Å². The number of piperidine rings is 1. The number of hydrogen-bond acceptors (Lipinski definition) is 6. The molecule has 3 fully saturated rings. The first-order valence-electron chi connectivity index (χ1n) is 13.7. The highest BCUT2D eigenvalue weighted by Crippen LogP contribution is 2.36. The second-order valence-corrected chi connectivity index (χ2v) is 10.9. The van der Waals surface area contributed by atoms with E-state index in [0.717, 1.165) is 65.5 Å². The molecule has 3 saturated heterocycles. The highest BCUT2D eigenvalue weighted by Gasteiger charge is 2.44. The minimum Gasteiger partial charge on any atom is -0.492 e. The van der Waals surface area contributed by atoms with Gasteiger partial charge in [0.15, 0.2) is 0 Å². The molecule has 3 aliphatic rings. The lowest BCUT2D eigenvalue weighted by atomic mass is 9.87. The van der Waals surface area contributed by atoms with Gasteiger partial charge >= 0.3 is 0 Å². The van der Waals surface area contributed by atoms with Crippen LogP contribution in [0.4, 0.5) is 5.82 Å². The first-order valence-corrected chi connectivity index (χ1v) is 13.7. The number of ether oxygens (including phenoxy) is 1. The SMILES string of the molecule is C=Cc1cnn2cc(OCC(C)C)cc(-c3ccc(N4CC5CC(C4)N5Cc4ccc(CC)nc4)nc3)c12. The minimum absolute atomic E-state index is 0.446. The average Bonchev–Trinajstić information content (AvgIpc) is 3.38. The van der Waals surface area contributed by atoms with Crippen LogP contribution < -0.4 is 9.64 Å². The molecule has 196 valence electrons. The summed E-state index contributed by atoms with van der Waals surface area (Å²) in [5.41, 5.74) is 6.57. The number of nitrogens with zero attached hydrogens (tertiary/aromatic N) is 6. The maximum atomic E-state index is 6.06. The third-order valence-corrected chi connectivity index (χ3v) is 7.76. The van der Waals surface area contributed by atoms with Gasteiger partial charge in [-0.25, -0.2) is 9.50 Å². The molecule has 2 unspecified atom stereocenters. The van der Waals surface area contributed by atoms with Crippen molar-refractivity contribution in [3.05, 3.63) is 78.5 Å². The summed E-state index contributed by atoms with van der Waals surface area (Å²) < 4.78 is 7.94. The van der Waals surface area contributed by atoms with Crippen molar-refractivity contribution in [3.63, 3.8) is 0 Å². The topological polar surface area (TPSA) is 58.8 Å². The fraction of sp³-hybridized carbons (Fsp3) is 0.387. The number of rotatable bonds is 9. The van der Waals surface area contributed by atoms with E-state index in [-0.39, 0.29) is 0 Å². The van der Waals surface area contributed by atoms with Gasteiger partial charge in [-0.1, -0.05) is 39.5 Å². The largest absolute Gasteiger partial charge is 0.492 e. The van der Waals surface area contributed by atoms with E-state index >= 15 is 0 Å². The molecule has 38 heavy (non-hydrogen) atoms. The molecule has 0 spiro atoms. The first-order chi connectivity index (χ1) is 18.5. The van der Waals surface area contributed by atoms with Gasteiger partial charge in [0, 0.05) is 66.5 Å². The lowest BCUT2D eigenvalue weighted by molar-refractivity contribution is -0.00875. The van der Waals surface area contributed by atoms with Crippen LogP contribution in [0.2, 0.25) is 0 Å². The van der Waals surface area contributed by atoms with E-state index in [1.165, 1.54) is 12.0 Å². The smallest absolute Gasteiger partial charge is 0.138 e. The summed E-state index contributed by atoms with van der Waals surface area (Å²) >= 11 is 0. The van der Waals surface area contributed by atoms with Crippen molar-refractivity contribution in [1.82, 2.24) is 24.5 Å². The van der Waals surface area contributed by atoms with Crippen molar-refractivity contribution >= 4 is 17.4 Å². The lowest BCUT2D eigenvalue weighted by Crippen LogP contribution is -2.68. The van der Waals surface area contributed by atoms with E-state index in [4.69, 9.17) is 9.72 Å². The summed E-state index contributed by atoms with van der Waals surface area (Å²) in [6.07, 6.45) is 11.9. The number of fused-ring (bicyclic) bond motifs is 3. The predicted octanol–water partition coefficient (Wildman–Crippen LogP) is 5.49.